The second-order valence-electron chi connectivity index (χ2n) is 4.30. The molecule has 2 aromatic rings. The van der Waals surface area contributed by atoms with Crippen molar-refractivity contribution < 1.29 is 9.31 Å². The molecular weight excluding hydrogens is 331 g/mol. The first-order valence-corrected chi connectivity index (χ1v) is 6.47. The third kappa shape index (κ3) is 2.93. The van der Waals surface area contributed by atoms with Crippen molar-refractivity contribution in [3.63, 3.8) is 0 Å². The summed E-state index contributed by atoms with van der Waals surface area (Å²) < 4.78 is 15.4. The lowest BCUT2D eigenvalue weighted by atomic mass is 10.2. The van der Waals surface area contributed by atoms with Crippen molar-refractivity contribution in [1.29, 1.82) is 0 Å². The van der Waals surface area contributed by atoms with E-state index in [1.54, 1.807) is 6.07 Å². The lowest BCUT2D eigenvalue weighted by molar-refractivity contribution is -0.385. The van der Waals surface area contributed by atoms with E-state index in [1.165, 1.54) is 25.1 Å². The first-order chi connectivity index (χ1) is 9.38. The van der Waals surface area contributed by atoms with Crippen LogP contribution in [0.3, 0.4) is 0 Å². The lowest BCUT2D eigenvalue weighted by Crippen LogP contribution is -2.21. The van der Waals surface area contributed by atoms with E-state index in [0.29, 0.717) is 4.47 Å². The minimum Gasteiger partial charge on any atom is -0.304 e. The van der Waals surface area contributed by atoms with Gasteiger partial charge in [0.05, 0.1) is 17.7 Å². The third-order valence-corrected chi connectivity index (χ3v) is 3.35. The van der Waals surface area contributed by atoms with Crippen LogP contribution in [-0.2, 0) is 6.54 Å². The van der Waals surface area contributed by atoms with Crippen molar-refractivity contribution in [2.75, 3.05) is 0 Å². The number of hydrogen-bond acceptors (Lipinski definition) is 3. The molecule has 5 nitrogen and oxygen atoms in total. The highest BCUT2D eigenvalue weighted by Gasteiger charge is 2.14. The fourth-order valence-corrected chi connectivity index (χ4v) is 2.14. The number of aryl methyl sites for hydroxylation is 1. The van der Waals surface area contributed by atoms with Crippen LogP contribution in [0.1, 0.15) is 11.1 Å². The zero-order valence-corrected chi connectivity index (χ0v) is 12.1. The Labute approximate surface area is 121 Å². The second-order valence-corrected chi connectivity index (χ2v) is 5.22. The maximum Gasteiger partial charge on any atom is 0.288 e. The van der Waals surface area contributed by atoms with Crippen LogP contribution in [0.15, 0.2) is 39.7 Å². The molecule has 2 rings (SSSR count). The molecule has 1 aromatic heterocycles. The van der Waals surface area contributed by atoms with Gasteiger partial charge in [0.1, 0.15) is 5.82 Å². The Morgan fingerprint density at radius 3 is 2.70 bits per heavy atom. The van der Waals surface area contributed by atoms with Crippen LogP contribution in [0.5, 0.6) is 0 Å². The molecule has 0 amide bonds. The van der Waals surface area contributed by atoms with E-state index in [0.717, 1.165) is 10.8 Å². The summed E-state index contributed by atoms with van der Waals surface area (Å²) in [5, 5.41) is 10.9. The normalized spacial score (nSPS) is 10.6. The highest BCUT2D eigenvalue weighted by molar-refractivity contribution is 9.10. The molecule has 0 spiro atoms. The molecular formula is C13H10BrFN2O3. The van der Waals surface area contributed by atoms with Gasteiger partial charge in [-0.2, -0.15) is 0 Å². The Morgan fingerprint density at radius 2 is 2.10 bits per heavy atom. The van der Waals surface area contributed by atoms with Crippen LogP contribution in [-0.4, -0.2) is 9.49 Å². The number of benzene rings is 1. The van der Waals surface area contributed by atoms with Gasteiger partial charge in [-0.05, 0) is 19.1 Å². The van der Waals surface area contributed by atoms with Crippen LogP contribution in [0.2, 0.25) is 0 Å². The van der Waals surface area contributed by atoms with E-state index in [9.17, 15) is 19.3 Å². The predicted molar refractivity (Wildman–Crippen MR) is 75.3 cm³/mol. The Kier molecular flexibility index (Phi) is 3.99. The molecule has 0 saturated carbocycles. The van der Waals surface area contributed by atoms with Crippen molar-refractivity contribution in [2.45, 2.75) is 13.5 Å². The molecule has 1 aromatic carbocycles. The SMILES string of the molecule is Cc1cc(=O)n(Cc2ccc(Br)cc2F)cc1[N+](=O)[O-]. The number of pyridine rings is 1. The van der Waals surface area contributed by atoms with Crippen LogP contribution < -0.4 is 5.56 Å². The van der Waals surface area contributed by atoms with Gasteiger partial charge in [0.2, 0.25) is 0 Å². The van der Waals surface area contributed by atoms with E-state index in [4.69, 9.17) is 0 Å². The summed E-state index contributed by atoms with van der Waals surface area (Å²) in [4.78, 5) is 22.1. The molecule has 7 heteroatoms. The smallest absolute Gasteiger partial charge is 0.288 e. The average molecular weight is 341 g/mol. The first-order valence-electron chi connectivity index (χ1n) is 5.68. The number of aromatic nitrogens is 1. The molecule has 0 saturated heterocycles. The van der Waals surface area contributed by atoms with E-state index in [1.807, 2.05) is 0 Å². The largest absolute Gasteiger partial charge is 0.304 e. The number of nitrogens with zero attached hydrogens (tertiary/aromatic N) is 2. The molecule has 0 atom stereocenters. The highest BCUT2D eigenvalue weighted by Crippen LogP contribution is 2.18. The maximum absolute atomic E-state index is 13.7. The second kappa shape index (κ2) is 5.54. The summed E-state index contributed by atoms with van der Waals surface area (Å²) in [7, 11) is 0. The van der Waals surface area contributed by atoms with E-state index < -0.39 is 16.3 Å². The molecule has 0 radical (unpaired) electrons. The zero-order valence-electron chi connectivity index (χ0n) is 10.5. The molecule has 20 heavy (non-hydrogen) atoms. The topological polar surface area (TPSA) is 65.1 Å². The van der Waals surface area contributed by atoms with Gasteiger partial charge in [-0.15, -0.1) is 0 Å². The third-order valence-electron chi connectivity index (χ3n) is 2.86. The molecule has 0 aliphatic rings. The zero-order chi connectivity index (χ0) is 14.9. The van der Waals surface area contributed by atoms with Gasteiger partial charge < -0.3 is 4.57 Å². The van der Waals surface area contributed by atoms with Crippen molar-refractivity contribution in [3.05, 3.63) is 72.3 Å². The number of hydrogen-bond donors (Lipinski definition) is 0. The van der Waals surface area contributed by atoms with E-state index >= 15 is 0 Å². The molecule has 0 unspecified atom stereocenters. The summed E-state index contributed by atoms with van der Waals surface area (Å²) in [5.41, 5.74) is -0.00137. The Balaban J connectivity index is 2.46. The van der Waals surface area contributed by atoms with Gasteiger partial charge in [0.25, 0.3) is 11.2 Å². The fourth-order valence-electron chi connectivity index (χ4n) is 1.80. The van der Waals surface area contributed by atoms with Gasteiger partial charge in [0, 0.05) is 21.7 Å². The van der Waals surface area contributed by atoms with Crippen LogP contribution in [0, 0.1) is 22.9 Å². The Hall–Kier alpha value is -2.02. The van der Waals surface area contributed by atoms with Gasteiger partial charge in [-0.1, -0.05) is 22.0 Å². The molecule has 104 valence electrons. The summed E-state index contributed by atoms with van der Waals surface area (Å²) >= 11 is 3.14. The fraction of sp³-hybridized carbons (Fsp3) is 0.154. The average Bonchev–Trinajstić information content (AvgIpc) is 2.35. The van der Waals surface area contributed by atoms with Crippen molar-refractivity contribution in [3.8, 4) is 0 Å². The molecule has 0 N–H and O–H groups in total. The van der Waals surface area contributed by atoms with Crippen molar-refractivity contribution in [2.24, 2.45) is 0 Å². The monoisotopic (exact) mass is 340 g/mol. The number of halogens is 2. The lowest BCUT2D eigenvalue weighted by Gasteiger charge is -2.08. The quantitative estimate of drug-likeness (QED) is 0.637. The summed E-state index contributed by atoms with van der Waals surface area (Å²) in [5.74, 6) is -0.477. The first kappa shape index (κ1) is 14.4. The van der Waals surface area contributed by atoms with E-state index in [2.05, 4.69) is 15.9 Å². The maximum atomic E-state index is 13.7. The van der Waals surface area contributed by atoms with Gasteiger partial charge in [-0.3, -0.25) is 14.9 Å². The van der Waals surface area contributed by atoms with Gasteiger partial charge >= 0.3 is 0 Å². The summed E-state index contributed by atoms with van der Waals surface area (Å²) in [6.45, 7) is 1.43. The minimum absolute atomic E-state index is 0.0565. The molecule has 0 bridgehead atoms. The number of rotatable bonds is 3. The Morgan fingerprint density at radius 1 is 1.40 bits per heavy atom. The summed E-state index contributed by atoms with van der Waals surface area (Å²) in [6.07, 6.45) is 1.14. The number of nitro groups is 1. The summed E-state index contributed by atoms with van der Waals surface area (Å²) in [6, 6.07) is 5.63. The van der Waals surface area contributed by atoms with E-state index in [-0.39, 0.29) is 23.4 Å². The molecule has 0 aliphatic heterocycles. The standard InChI is InChI=1S/C13H10BrFN2O3/c1-8-4-13(18)16(7-12(8)17(19)20)6-9-2-3-10(14)5-11(9)15/h2-5,7H,6H2,1H3. The van der Waals surface area contributed by atoms with Gasteiger partial charge in [-0.25, -0.2) is 4.39 Å². The van der Waals surface area contributed by atoms with Gasteiger partial charge in [0.15, 0.2) is 0 Å². The molecule has 0 aliphatic carbocycles. The molecule has 1 heterocycles. The van der Waals surface area contributed by atoms with Crippen molar-refractivity contribution >= 4 is 21.6 Å². The highest BCUT2D eigenvalue weighted by atomic mass is 79.9. The van der Waals surface area contributed by atoms with Crippen molar-refractivity contribution in [1.82, 2.24) is 4.57 Å². The van der Waals surface area contributed by atoms with Crippen LogP contribution in [0.25, 0.3) is 0 Å². The molecule has 0 fully saturated rings. The predicted octanol–water partition coefficient (Wildman–Crippen LogP) is 3.01. The van der Waals surface area contributed by atoms with Crippen LogP contribution in [0.4, 0.5) is 10.1 Å². The van der Waals surface area contributed by atoms with Crippen LogP contribution >= 0.6 is 15.9 Å². The minimum atomic E-state index is -0.566. The Bertz CT molecular complexity index is 743.